The molecule has 0 fully saturated rings. The van der Waals surface area contributed by atoms with E-state index in [-0.39, 0.29) is 11.6 Å². The third kappa shape index (κ3) is 1.75. The number of hydrogen-bond donors (Lipinski definition) is 0. The van der Waals surface area contributed by atoms with Crippen LogP contribution in [0.15, 0.2) is 18.5 Å². The standard InChI is InChI=1S/C9H9NO2/c1-6(11)8-3-9(7(2)12)5-10-4-8/h3-5H,1-2H3/p+1. The zero-order valence-corrected chi connectivity index (χ0v) is 7.05. The molecule has 0 atom stereocenters. The summed E-state index contributed by atoms with van der Waals surface area (Å²) < 4.78 is 0. The maximum atomic E-state index is 10.9. The Balaban J connectivity index is 3.12. The smallest absolute Gasteiger partial charge is 0.177 e. The van der Waals surface area contributed by atoms with Crippen molar-refractivity contribution in [2.75, 3.05) is 0 Å². The molecule has 0 aliphatic carbocycles. The van der Waals surface area contributed by atoms with Crippen LogP contribution in [0.1, 0.15) is 34.6 Å². The van der Waals surface area contributed by atoms with Gasteiger partial charge in [-0.05, 0) is 19.9 Å². The Hall–Kier alpha value is -1.51. The summed E-state index contributed by atoms with van der Waals surface area (Å²) in [5.74, 6) is -0.0938. The molecular weight excluding hydrogens is 154 g/mol. The summed E-state index contributed by atoms with van der Waals surface area (Å²) in [7, 11) is 0. The first-order valence-corrected chi connectivity index (χ1v) is 3.64. The molecule has 0 amide bonds. The van der Waals surface area contributed by atoms with E-state index >= 15 is 0 Å². The second-order valence-corrected chi connectivity index (χ2v) is 2.62. The molecule has 1 heterocycles. The van der Waals surface area contributed by atoms with E-state index < -0.39 is 0 Å². The van der Waals surface area contributed by atoms with Crippen molar-refractivity contribution in [2.45, 2.75) is 13.8 Å². The number of hydrogen-bond acceptors (Lipinski definition) is 2. The van der Waals surface area contributed by atoms with Crippen LogP contribution in [0.3, 0.4) is 0 Å². The number of nitrogens with one attached hydrogen (secondary N) is 1. The molecule has 0 aromatic carbocycles. The summed E-state index contributed by atoms with van der Waals surface area (Å²) in [6.07, 6.45) is 3.16. The van der Waals surface area contributed by atoms with Gasteiger partial charge in [0.1, 0.15) is 0 Å². The first-order valence-electron chi connectivity index (χ1n) is 3.64. The quantitative estimate of drug-likeness (QED) is 0.610. The van der Waals surface area contributed by atoms with Crippen LogP contribution in [0, 0.1) is 0 Å². The van der Waals surface area contributed by atoms with Crippen molar-refractivity contribution in [3.8, 4) is 0 Å². The highest BCUT2D eigenvalue weighted by molar-refractivity contribution is 5.98. The molecule has 0 aliphatic heterocycles. The Labute approximate surface area is 70.4 Å². The molecule has 3 nitrogen and oxygen atoms in total. The lowest BCUT2D eigenvalue weighted by molar-refractivity contribution is -0.378. The molecule has 0 saturated carbocycles. The van der Waals surface area contributed by atoms with E-state index in [1.165, 1.54) is 13.8 Å². The first kappa shape index (κ1) is 8.59. The molecule has 3 heteroatoms. The van der Waals surface area contributed by atoms with Crippen LogP contribution >= 0.6 is 0 Å². The molecule has 12 heavy (non-hydrogen) atoms. The van der Waals surface area contributed by atoms with E-state index in [4.69, 9.17) is 0 Å². The normalized spacial score (nSPS) is 9.50. The Kier molecular flexibility index (Phi) is 2.33. The molecule has 0 saturated heterocycles. The molecule has 0 radical (unpaired) electrons. The number of carbonyl (C=O) groups excluding carboxylic acids is 2. The lowest BCUT2D eigenvalue weighted by Gasteiger charge is -1.92. The fourth-order valence-electron chi connectivity index (χ4n) is 0.879. The predicted molar refractivity (Wildman–Crippen MR) is 43.0 cm³/mol. The number of rotatable bonds is 2. The molecule has 1 rings (SSSR count). The van der Waals surface area contributed by atoms with Crippen molar-refractivity contribution < 1.29 is 14.6 Å². The summed E-state index contributed by atoms with van der Waals surface area (Å²) in [6.45, 7) is 2.93. The number of aromatic amines is 1. The molecular formula is C9H10NO2+. The number of ketones is 2. The van der Waals surface area contributed by atoms with E-state index in [0.29, 0.717) is 11.1 Å². The van der Waals surface area contributed by atoms with Gasteiger partial charge in [0.2, 0.25) is 0 Å². The van der Waals surface area contributed by atoms with Crippen molar-refractivity contribution >= 4 is 11.6 Å². The van der Waals surface area contributed by atoms with Crippen LogP contribution in [0.2, 0.25) is 0 Å². The zero-order valence-electron chi connectivity index (χ0n) is 7.05. The molecule has 0 unspecified atom stereocenters. The van der Waals surface area contributed by atoms with Gasteiger partial charge >= 0.3 is 0 Å². The van der Waals surface area contributed by atoms with Crippen LogP contribution in [0.4, 0.5) is 0 Å². The Morgan fingerprint density at radius 2 is 1.50 bits per heavy atom. The average Bonchev–Trinajstić information content (AvgIpc) is 2.04. The predicted octanol–water partition coefficient (Wildman–Crippen LogP) is 0.906. The number of carbonyl (C=O) groups is 2. The van der Waals surface area contributed by atoms with E-state index in [0.717, 1.165) is 0 Å². The van der Waals surface area contributed by atoms with Gasteiger partial charge in [0.05, 0.1) is 11.1 Å². The van der Waals surface area contributed by atoms with Crippen molar-refractivity contribution in [2.24, 2.45) is 0 Å². The minimum Gasteiger partial charge on any atom is -0.294 e. The van der Waals surface area contributed by atoms with Crippen LogP contribution < -0.4 is 4.98 Å². The number of Topliss-reactive ketones (excluding diaryl/α,β-unsaturated/α-hetero) is 2. The summed E-state index contributed by atoms with van der Waals surface area (Å²) in [5.41, 5.74) is 1.06. The molecule has 62 valence electrons. The highest BCUT2D eigenvalue weighted by atomic mass is 16.1. The SMILES string of the molecule is CC(=O)c1c[nH+]cc(C(C)=O)c1. The van der Waals surface area contributed by atoms with Gasteiger partial charge in [0.15, 0.2) is 24.0 Å². The van der Waals surface area contributed by atoms with Crippen molar-refractivity contribution in [1.29, 1.82) is 0 Å². The van der Waals surface area contributed by atoms with E-state index in [1.54, 1.807) is 18.5 Å². The van der Waals surface area contributed by atoms with Gasteiger partial charge in [-0.3, -0.25) is 9.59 Å². The zero-order chi connectivity index (χ0) is 9.14. The number of pyridine rings is 1. The topological polar surface area (TPSA) is 48.3 Å². The van der Waals surface area contributed by atoms with Gasteiger partial charge in [0.25, 0.3) is 0 Å². The maximum Gasteiger partial charge on any atom is 0.177 e. The molecule has 1 aromatic heterocycles. The lowest BCUT2D eigenvalue weighted by Crippen LogP contribution is -2.09. The number of aromatic nitrogens is 1. The second-order valence-electron chi connectivity index (χ2n) is 2.62. The lowest BCUT2D eigenvalue weighted by atomic mass is 10.1. The van der Waals surface area contributed by atoms with E-state index in [2.05, 4.69) is 4.98 Å². The monoisotopic (exact) mass is 164 g/mol. The van der Waals surface area contributed by atoms with Gasteiger partial charge < -0.3 is 0 Å². The minimum absolute atomic E-state index is 0.0469. The molecule has 0 bridgehead atoms. The largest absolute Gasteiger partial charge is 0.294 e. The fourth-order valence-corrected chi connectivity index (χ4v) is 0.879. The van der Waals surface area contributed by atoms with E-state index in [9.17, 15) is 9.59 Å². The van der Waals surface area contributed by atoms with Gasteiger partial charge in [-0.1, -0.05) is 0 Å². The van der Waals surface area contributed by atoms with E-state index in [1.807, 2.05) is 0 Å². The van der Waals surface area contributed by atoms with Crippen LogP contribution in [0.5, 0.6) is 0 Å². The Morgan fingerprint density at radius 3 is 1.83 bits per heavy atom. The molecule has 0 aliphatic rings. The van der Waals surface area contributed by atoms with Crippen LogP contribution in [0.25, 0.3) is 0 Å². The van der Waals surface area contributed by atoms with Crippen molar-refractivity contribution in [3.63, 3.8) is 0 Å². The van der Waals surface area contributed by atoms with Gasteiger partial charge in [0, 0.05) is 0 Å². The minimum atomic E-state index is -0.0469. The molecule has 1 aromatic rings. The van der Waals surface area contributed by atoms with Gasteiger partial charge in [-0.25, -0.2) is 4.98 Å². The fraction of sp³-hybridized carbons (Fsp3) is 0.222. The average molecular weight is 164 g/mol. The Morgan fingerprint density at radius 1 is 1.08 bits per heavy atom. The molecule has 1 N–H and O–H groups in total. The summed E-state index contributed by atoms with van der Waals surface area (Å²) in [5, 5.41) is 0. The van der Waals surface area contributed by atoms with Crippen molar-refractivity contribution in [3.05, 3.63) is 29.6 Å². The summed E-state index contributed by atoms with van der Waals surface area (Å²) >= 11 is 0. The van der Waals surface area contributed by atoms with Gasteiger partial charge in [-0.2, -0.15) is 0 Å². The maximum absolute atomic E-state index is 10.9. The molecule has 0 spiro atoms. The second kappa shape index (κ2) is 3.26. The summed E-state index contributed by atoms with van der Waals surface area (Å²) in [6, 6.07) is 1.58. The Bertz CT molecular complexity index is 302. The third-order valence-electron chi connectivity index (χ3n) is 1.60. The van der Waals surface area contributed by atoms with Crippen LogP contribution in [-0.4, -0.2) is 11.6 Å². The van der Waals surface area contributed by atoms with Crippen LogP contribution in [-0.2, 0) is 0 Å². The highest BCUT2D eigenvalue weighted by Crippen LogP contribution is 2.01. The third-order valence-corrected chi connectivity index (χ3v) is 1.60. The number of H-pyrrole nitrogens is 1. The first-order chi connectivity index (χ1) is 5.61. The van der Waals surface area contributed by atoms with Gasteiger partial charge in [-0.15, -0.1) is 0 Å². The van der Waals surface area contributed by atoms with Crippen molar-refractivity contribution in [1.82, 2.24) is 0 Å². The summed E-state index contributed by atoms with van der Waals surface area (Å²) in [4.78, 5) is 24.5. The highest BCUT2D eigenvalue weighted by Gasteiger charge is 2.07.